The lowest BCUT2D eigenvalue weighted by molar-refractivity contribution is -0.104. The Morgan fingerprint density at radius 2 is 2.09 bits per heavy atom. The fraction of sp³-hybridized carbons (Fsp3) is 0.222. The molecule has 0 radical (unpaired) electrons. The Bertz CT molecular complexity index is 192. The zero-order valence-electron chi connectivity index (χ0n) is 6.92. The Labute approximate surface area is 67.3 Å². The Kier molecular flexibility index (Phi) is 4.82. The van der Waals surface area contributed by atoms with Gasteiger partial charge in [0.1, 0.15) is 6.29 Å². The highest BCUT2D eigenvalue weighted by Crippen LogP contribution is 1.93. The highest BCUT2D eigenvalue weighted by atomic mass is 16.1. The summed E-state index contributed by atoms with van der Waals surface area (Å²) in [6.07, 6.45) is 5.83. The van der Waals surface area contributed by atoms with Crippen LogP contribution in [0, 0.1) is 0 Å². The van der Waals surface area contributed by atoms with Gasteiger partial charge in [0.25, 0.3) is 0 Å². The normalized spacial score (nSPS) is 12.5. The number of aldehydes is 1. The van der Waals surface area contributed by atoms with Crippen molar-refractivity contribution in [2.24, 2.45) is 0 Å². The van der Waals surface area contributed by atoms with E-state index in [-0.39, 0.29) is 0 Å². The largest absolute Gasteiger partial charge is 0.392 e. The first-order chi connectivity index (χ1) is 5.24. The Balaban J connectivity index is 4.29. The van der Waals surface area contributed by atoms with Crippen LogP contribution < -0.4 is 5.32 Å². The van der Waals surface area contributed by atoms with Crippen LogP contribution in [0.15, 0.2) is 36.1 Å². The maximum atomic E-state index is 10.2. The molecule has 0 fully saturated rings. The van der Waals surface area contributed by atoms with E-state index in [0.717, 1.165) is 12.0 Å². The third-order valence-electron chi connectivity index (χ3n) is 1.29. The molecule has 1 N–H and O–H groups in total. The molecule has 0 unspecified atom stereocenters. The van der Waals surface area contributed by atoms with Crippen molar-refractivity contribution in [3.63, 3.8) is 0 Å². The third-order valence-corrected chi connectivity index (χ3v) is 1.29. The SMILES string of the molecule is C=C/C(C=O)=C\C=C(/C)NC. The lowest BCUT2D eigenvalue weighted by Crippen LogP contribution is -2.00. The van der Waals surface area contributed by atoms with E-state index in [2.05, 4.69) is 11.9 Å². The molecule has 0 saturated heterocycles. The molecule has 0 aromatic carbocycles. The van der Waals surface area contributed by atoms with Crippen molar-refractivity contribution in [1.29, 1.82) is 0 Å². The van der Waals surface area contributed by atoms with Crippen LogP contribution in [0.25, 0.3) is 0 Å². The zero-order valence-corrected chi connectivity index (χ0v) is 6.92. The second-order valence-corrected chi connectivity index (χ2v) is 2.09. The molecule has 0 atom stereocenters. The molecule has 60 valence electrons. The fourth-order valence-electron chi connectivity index (χ4n) is 0.460. The van der Waals surface area contributed by atoms with Crippen LogP contribution >= 0.6 is 0 Å². The standard InChI is InChI=1S/C9H13NO/c1-4-9(7-11)6-5-8(2)10-3/h4-7,10H,1H2,2-3H3/b8-5+,9-6+. The predicted molar refractivity (Wildman–Crippen MR) is 47.2 cm³/mol. The molecule has 0 heterocycles. The van der Waals surface area contributed by atoms with Crippen LogP contribution in [-0.2, 0) is 4.79 Å². The molecule has 0 aromatic rings. The molecule has 0 amide bonds. The van der Waals surface area contributed by atoms with Gasteiger partial charge in [-0.15, -0.1) is 0 Å². The van der Waals surface area contributed by atoms with Crippen LogP contribution in [-0.4, -0.2) is 13.3 Å². The van der Waals surface area contributed by atoms with Gasteiger partial charge in [-0.05, 0) is 13.0 Å². The van der Waals surface area contributed by atoms with E-state index in [0.29, 0.717) is 5.57 Å². The van der Waals surface area contributed by atoms with Crippen molar-refractivity contribution in [1.82, 2.24) is 5.32 Å². The number of nitrogens with one attached hydrogen (secondary N) is 1. The van der Waals surface area contributed by atoms with E-state index < -0.39 is 0 Å². The summed E-state index contributed by atoms with van der Waals surface area (Å²) in [4.78, 5) is 10.2. The number of hydrogen-bond donors (Lipinski definition) is 1. The van der Waals surface area contributed by atoms with Gasteiger partial charge < -0.3 is 5.32 Å². The molecule has 0 spiro atoms. The average molecular weight is 151 g/mol. The summed E-state index contributed by atoms with van der Waals surface area (Å²) in [5.74, 6) is 0. The Morgan fingerprint density at radius 3 is 2.45 bits per heavy atom. The van der Waals surface area contributed by atoms with Crippen molar-refractivity contribution in [2.75, 3.05) is 7.05 Å². The van der Waals surface area contributed by atoms with E-state index in [9.17, 15) is 4.79 Å². The average Bonchev–Trinajstić information content (AvgIpc) is 2.06. The van der Waals surface area contributed by atoms with Gasteiger partial charge in [0.15, 0.2) is 0 Å². The second-order valence-electron chi connectivity index (χ2n) is 2.09. The van der Waals surface area contributed by atoms with Gasteiger partial charge in [0.2, 0.25) is 0 Å². The van der Waals surface area contributed by atoms with Gasteiger partial charge in [-0.3, -0.25) is 4.79 Å². The number of rotatable bonds is 4. The molecule has 0 saturated carbocycles. The molecule has 0 bridgehead atoms. The summed E-state index contributed by atoms with van der Waals surface area (Å²) in [6, 6.07) is 0. The van der Waals surface area contributed by atoms with Crippen LogP contribution in [0.2, 0.25) is 0 Å². The maximum Gasteiger partial charge on any atom is 0.150 e. The van der Waals surface area contributed by atoms with Crippen molar-refractivity contribution in [3.8, 4) is 0 Å². The lowest BCUT2D eigenvalue weighted by atomic mass is 10.2. The first-order valence-electron chi connectivity index (χ1n) is 3.38. The van der Waals surface area contributed by atoms with Crippen molar-refractivity contribution >= 4 is 6.29 Å². The van der Waals surface area contributed by atoms with E-state index >= 15 is 0 Å². The fourth-order valence-corrected chi connectivity index (χ4v) is 0.460. The highest BCUT2D eigenvalue weighted by Gasteiger charge is 1.83. The van der Waals surface area contributed by atoms with Gasteiger partial charge >= 0.3 is 0 Å². The first kappa shape index (κ1) is 9.69. The number of carbonyl (C=O) groups excluding carboxylic acids is 1. The van der Waals surface area contributed by atoms with Crippen LogP contribution in [0.4, 0.5) is 0 Å². The minimum absolute atomic E-state index is 0.583. The summed E-state index contributed by atoms with van der Waals surface area (Å²) in [7, 11) is 1.83. The number of carbonyl (C=O) groups is 1. The van der Waals surface area contributed by atoms with E-state index in [1.807, 2.05) is 20.0 Å². The molecular weight excluding hydrogens is 138 g/mol. The van der Waals surface area contributed by atoms with Crippen molar-refractivity contribution < 1.29 is 4.79 Å². The highest BCUT2D eigenvalue weighted by molar-refractivity contribution is 5.77. The molecule has 11 heavy (non-hydrogen) atoms. The smallest absolute Gasteiger partial charge is 0.150 e. The Hall–Kier alpha value is -1.31. The molecular formula is C9H13NO. The van der Waals surface area contributed by atoms with Gasteiger partial charge in [0, 0.05) is 18.3 Å². The molecule has 2 nitrogen and oxygen atoms in total. The molecule has 0 aliphatic rings. The molecule has 2 heteroatoms. The minimum atomic E-state index is 0.583. The first-order valence-corrected chi connectivity index (χ1v) is 3.38. The van der Waals surface area contributed by atoms with Crippen LogP contribution in [0.5, 0.6) is 0 Å². The van der Waals surface area contributed by atoms with Crippen molar-refractivity contribution in [3.05, 3.63) is 36.1 Å². The van der Waals surface area contributed by atoms with Gasteiger partial charge in [-0.1, -0.05) is 18.7 Å². The van der Waals surface area contributed by atoms with Crippen molar-refractivity contribution in [2.45, 2.75) is 6.92 Å². The van der Waals surface area contributed by atoms with Gasteiger partial charge in [-0.25, -0.2) is 0 Å². The minimum Gasteiger partial charge on any atom is -0.392 e. The van der Waals surface area contributed by atoms with Gasteiger partial charge in [0.05, 0.1) is 0 Å². The Morgan fingerprint density at radius 1 is 1.45 bits per heavy atom. The van der Waals surface area contributed by atoms with E-state index in [4.69, 9.17) is 0 Å². The summed E-state index contributed by atoms with van der Waals surface area (Å²) in [5, 5.41) is 2.93. The monoisotopic (exact) mass is 151 g/mol. The van der Waals surface area contributed by atoms with Gasteiger partial charge in [-0.2, -0.15) is 0 Å². The lowest BCUT2D eigenvalue weighted by Gasteiger charge is -1.94. The predicted octanol–water partition coefficient (Wildman–Crippen LogP) is 1.42. The van der Waals surface area contributed by atoms with E-state index in [1.165, 1.54) is 6.08 Å². The summed E-state index contributed by atoms with van der Waals surface area (Å²) >= 11 is 0. The molecule has 0 aliphatic carbocycles. The number of allylic oxidation sites excluding steroid dienone is 5. The molecule has 0 aromatic heterocycles. The topological polar surface area (TPSA) is 29.1 Å². The van der Waals surface area contributed by atoms with Crippen LogP contribution in [0.1, 0.15) is 6.92 Å². The van der Waals surface area contributed by atoms with Crippen LogP contribution in [0.3, 0.4) is 0 Å². The molecule has 0 aliphatic heterocycles. The summed E-state index contributed by atoms with van der Waals surface area (Å²) in [5.41, 5.74) is 1.59. The number of hydrogen-bond acceptors (Lipinski definition) is 2. The maximum absolute atomic E-state index is 10.2. The summed E-state index contributed by atoms with van der Waals surface area (Å²) in [6.45, 7) is 5.41. The second kappa shape index (κ2) is 5.47. The third kappa shape index (κ3) is 4.14. The molecule has 0 rings (SSSR count). The summed E-state index contributed by atoms with van der Waals surface area (Å²) < 4.78 is 0. The van der Waals surface area contributed by atoms with E-state index in [1.54, 1.807) is 6.08 Å². The zero-order chi connectivity index (χ0) is 8.69. The quantitative estimate of drug-likeness (QED) is 0.374.